The quantitative estimate of drug-likeness (QED) is 0.529. The molecule has 0 aliphatic carbocycles. The van der Waals surface area contributed by atoms with Gasteiger partial charge >= 0.3 is 6.18 Å². The van der Waals surface area contributed by atoms with Crippen LogP contribution in [0.2, 0.25) is 0 Å². The van der Waals surface area contributed by atoms with Gasteiger partial charge in [0.25, 0.3) is 5.91 Å². The molecule has 3 aromatic rings. The van der Waals surface area contributed by atoms with E-state index in [0.29, 0.717) is 5.56 Å². The first kappa shape index (κ1) is 19.5. The molecule has 0 radical (unpaired) electrons. The Balaban J connectivity index is 2.01. The molecule has 3 rings (SSSR count). The molecule has 0 saturated heterocycles. The van der Waals surface area contributed by atoms with Crippen molar-refractivity contribution in [1.82, 2.24) is 0 Å². The molecule has 7 heteroatoms. The van der Waals surface area contributed by atoms with Crippen molar-refractivity contribution in [2.24, 2.45) is 0 Å². The number of halogens is 5. The van der Waals surface area contributed by atoms with E-state index in [1.807, 2.05) is 0 Å². The molecule has 28 heavy (non-hydrogen) atoms. The van der Waals surface area contributed by atoms with Gasteiger partial charge < -0.3 is 5.32 Å². The number of hydrogen-bond acceptors (Lipinski definition) is 1. The molecule has 0 heterocycles. The van der Waals surface area contributed by atoms with Gasteiger partial charge in [-0.2, -0.15) is 13.2 Å². The molecule has 1 N–H and O–H groups in total. The highest BCUT2D eigenvalue weighted by Gasteiger charge is 2.34. The molecule has 0 unspecified atom stereocenters. The fourth-order valence-electron chi connectivity index (χ4n) is 2.83. The van der Waals surface area contributed by atoms with E-state index in [1.54, 1.807) is 31.2 Å². The average Bonchev–Trinajstić information content (AvgIpc) is 2.61. The summed E-state index contributed by atoms with van der Waals surface area (Å²) in [6.45, 7) is 1.76. The fraction of sp³-hybridized carbons (Fsp3) is 0.0952. The molecule has 0 aliphatic rings. The van der Waals surface area contributed by atoms with E-state index in [2.05, 4.69) is 5.32 Å². The summed E-state index contributed by atoms with van der Waals surface area (Å²) in [4.78, 5) is 12.1. The zero-order chi connectivity index (χ0) is 20.5. The van der Waals surface area contributed by atoms with Crippen molar-refractivity contribution in [2.75, 3.05) is 5.32 Å². The van der Waals surface area contributed by atoms with Crippen LogP contribution in [0.5, 0.6) is 0 Å². The normalized spacial score (nSPS) is 11.4. The van der Waals surface area contributed by atoms with Gasteiger partial charge in [-0.3, -0.25) is 4.79 Å². The number of anilines is 1. The number of carbonyl (C=O) groups excluding carboxylic acids is 1. The van der Waals surface area contributed by atoms with Crippen molar-refractivity contribution >= 4 is 11.6 Å². The maximum Gasteiger partial charge on any atom is 0.417 e. The molecule has 0 bridgehead atoms. The number of aryl methyl sites for hydroxylation is 1. The molecule has 0 fully saturated rings. The second-order valence-electron chi connectivity index (χ2n) is 6.18. The topological polar surface area (TPSA) is 29.1 Å². The number of nitrogens with one attached hydrogen (secondary N) is 1. The Hall–Kier alpha value is -3.22. The van der Waals surface area contributed by atoms with Crippen LogP contribution in [0.15, 0.2) is 60.7 Å². The highest BCUT2D eigenvalue weighted by Crippen LogP contribution is 2.39. The van der Waals surface area contributed by atoms with Gasteiger partial charge in [0, 0.05) is 5.69 Å². The number of alkyl halides is 3. The van der Waals surface area contributed by atoms with Gasteiger partial charge in [0.15, 0.2) is 0 Å². The first-order valence-electron chi connectivity index (χ1n) is 8.20. The van der Waals surface area contributed by atoms with Gasteiger partial charge in [-0.05, 0) is 42.3 Å². The first-order valence-corrected chi connectivity index (χ1v) is 8.20. The maximum absolute atomic E-state index is 13.7. The van der Waals surface area contributed by atoms with Crippen molar-refractivity contribution < 1.29 is 26.7 Å². The summed E-state index contributed by atoms with van der Waals surface area (Å²) >= 11 is 0. The van der Waals surface area contributed by atoms with E-state index < -0.39 is 34.8 Å². The Bertz CT molecular complexity index is 1020. The molecule has 0 spiro atoms. The van der Waals surface area contributed by atoms with E-state index in [1.165, 1.54) is 12.1 Å². The zero-order valence-corrected chi connectivity index (χ0v) is 14.6. The summed E-state index contributed by atoms with van der Waals surface area (Å²) < 4.78 is 68.1. The first-order chi connectivity index (χ1) is 13.2. The van der Waals surface area contributed by atoms with Crippen molar-refractivity contribution in [3.8, 4) is 11.1 Å². The zero-order valence-electron chi connectivity index (χ0n) is 14.6. The lowest BCUT2D eigenvalue weighted by molar-refractivity contribution is -0.137. The third-order valence-corrected chi connectivity index (χ3v) is 4.10. The van der Waals surface area contributed by atoms with Crippen molar-refractivity contribution in [2.45, 2.75) is 13.1 Å². The lowest BCUT2D eigenvalue weighted by Crippen LogP contribution is -2.17. The molecular formula is C21H14F5NO. The molecule has 0 atom stereocenters. The van der Waals surface area contributed by atoms with Crippen molar-refractivity contribution in [1.29, 1.82) is 0 Å². The predicted octanol–water partition coefficient (Wildman–Crippen LogP) is 6.21. The van der Waals surface area contributed by atoms with Crippen molar-refractivity contribution in [3.63, 3.8) is 0 Å². The maximum atomic E-state index is 13.7. The van der Waals surface area contributed by atoms with Crippen LogP contribution in [0.25, 0.3) is 11.1 Å². The summed E-state index contributed by atoms with van der Waals surface area (Å²) in [5.74, 6) is -3.39. The van der Waals surface area contributed by atoms with Crippen LogP contribution >= 0.6 is 0 Å². The molecule has 3 aromatic carbocycles. The van der Waals surface area contributed by atoms with E-state index in [4.69, 9.17) is 0 Å². The molecule has 0 saturated carbocycles. The van der Waals surface area contributed by atoms with Crippen LogP contribution in [0, 0.1) is 18.6 Å². The molecular weight excluding hydrogens is 377 g/mol. The summed E-state index contributed by atoms with van der Waals surface area (Å²) in [6, 6.07) is 12.6. The summed E-state index contributed by atoms with van der Waals surface area (Å²) in [7, 11) is 0. The summed E-state index contributed by atoms with van der Waals surface area (Å²) in [6.07, 6.45) is -4.69. The minimum Gasteiger partial charge on any atom is -0.322 e. The monoisotopic (exact) mass is 391 g/mol. The Kier molecular flexibility index (Phi) is 5.18. The molecule has 0 aromatic heterocycles. The Morgan fingerprint density at radius 2 is 1.54 bits per heavy atom. The van der Waals surface area contributed by atoms with Crippen LogP contribution in [0.3, 0.4) is 0 Å². The van der Waals surface area contributed by atoms with Gasteiger partial charge in [-0.25, -0.2) is 8.78 Å². The van der Waals surface area contributed by atoms with Crippen LogP contribution in [-0.4, -0.2) is 5.91 Å². The highest BCUT2D eigenvalue weighted by molar-refractivity contribution is 6.04. The summed E-state index contributed by atoms with van der Waals surface area (Å²) in [5.41, 5.74) is -0.963. The average molecular weight is 391 g/mol. The molecule has 144 valence electrons. The molecule has 0 aliphatic heterocycles. The SMILES string of the molecule is Cc1cccc(-c2ccc(NC(=O)c3c(F)cccc3F)cc2C(F)(F)F)c1. The van der Waals surface area contributed by atoms with Crippen LogP contribution in [0.4, 0.5) is 27.6 Å². The number of hydrogen-bond donors (Lipinski definition) is 1. The van der Waals surface area contributed by atoms with E-state index >= 15 is 0 Å². The minimum atomic E-state index is -4.69. The molecule has 1 amide bonds. The van der Waals surface area contributed by atoms with E-state index in [0.717, 1.165) is 29.8 Å². The minimum absolute atomic E-state index is 0.0636. The standard InChI is InChI=1S/C21H14F5NO/c1-12-4-2-5-13(10-12)15-9-8-14(11-16(15)21(24,25)26)27-20(28)19-17(22)6-3-7-18(19)23/h2-11H,1H3,(H,27,28). The van der Waals surface area contributed by atoms with Gasteiger partial charge in [0.05, 0.1) is 5.56 Å². The van der Waals surface area contributed by atoms with Crippen molar-refractivity contribution in [3.05, 3.63) is 89.0 Å². The van der Waals surface area contributed by atoms with Gasteiger partial charge in [-0.15, -0.1) is 0 Å². The molecule has 2 nitrogen and oxygen atoms in total. The number of carbonyl (C=O) groups is 1. The third-order valence-electron chi connectivity index (χ3n) is 4.10. The summed E-state index contributed by atoms with van der Waals surface area (Å²) in [5, 5.41) is 2.12. The Labute approximate surface area is 157 Å². The highest BCUT2D eigenvalue weighted by atomic mass is 19.4. The van der Waals surface area contributed by atoms with Crippen LogP contribution in [0.1, 0.15) is 21.5 Å². The van der Waals surface area contributed by atoms with Crippen LogP contribution in [-0.2, 0) is 6.18 Å². The predicted molar refractivity (Wildman–Crippen MR) is 95.9 cm³/mol. The lowest BCUT2D eigenvalue weighted by Gasteiger charge is -2.16. The van der Waals surface area contributed by atoms with E-state index in [9.17, 15) is 26.7 Å². The van der Waals surface area contributed by atoms with Gasteiger partial charge in [0.1, 0.15) is 17.2 Å². The second kappa shape index (κ2) is 7.42. The number of benzene rings is 3. The lowest BCUT2D eigenvalue weighted by atomic mass is 9.97. The smallest absolute Gasteiger partial charge is 0.322 e. The third kappa shape index (κ3) is 4.03. The second-order valence-corrected chi connectivity index (χ2v) is 6.18. The Morgan fingerprint density at radius 3 is 2.14 bits per heavy atom. The number of rotatable bonds is 3. The Morgan fingerprint density at radius 1 is 0.893 bits per heavy atom. The number of amides is 1. The fourth-order valence-corrected chi connectivity index (χ4v) is 2.83. The van der Waals surface area contributed by atoms with Crippen LogP contribution < -0.4 is 5.32 Å². The largest absolute Gasteiger partial charge is 0.417 e. The van der Waals surface area contributed by atoms with Gasteiger partial charge in [-0.1, -0.05) is 42.0 Å². The van der Waals surface area contributed by atoms with E-state index in [-0.39, 0.29) is 11.3 Å². The van der Waals surface area contributed by atoms with Gasteiger partial charge in [0.2, 0.25) is 0 Å².